The predicted octanol–water partition coefficient (Wildman–Crippen LogP) is 1.92. The van der Waals surface area contributed by atoms with E-state index in [4.69, 9.17) is 4.74 Å². The van der Waals surface area contributed by atoms with Crippen LogP contribution in [0.3, 0.4) is 0 Å². The van der Waals surface area contributed by atoms with Crippen molar-refractivity contribution in [1.29, 1.82) is 0 Å². The van der Waals surface area contributed by atoms with Crippen LogP contribution in [-0.2, 0) is 4.74 Å². The van der Waals surface area contributed by atoms with Gasteiger partial charge in [-0.05, 0) is 25.0 Å². The molecule has 0 amide bonds. The third-order valence-corrected chi connectivity index (χ3v) is 3.90. The molecule has 0 aliphatic carbocycles. The van der Waals surface area contributed by atoms with Gasteiger partial charge >= 0.3 is 0 Å². The van der Waals surface area contributed by atoms with Crippen LogP contribution in [0.5, 0.6) is 0 Å². The Bertz CT molecular complexity index is 110. The van der Waals surface area contributed by atoms with Crippen LogP contribution < -0.4 is 0 Å². The first-order chi connectivity index (χ1) is 4.91. The van der Waals surface area contributed by atoms with Gasteiger partial charge in [-0.15, -0.1) is 0 Å². The number of ether oxygens (including phenoxy) is 1. The minimum Gasteiger partial charge on any atom is -0.381 e. The third kappa shape index (κ3) is 1.19. The van der Waals surface area contributed by atoms with Crippen molar-refractivity contribution in [3.8, 4) is 0 Å². The summed E-state index contributed by atoms with van der Waals surface area (Å²) in [4.78, 5) is 0. The SMILES string of the molecule is C1COCC2(C1)CCSC2. The van der Waals surface area contributed by atoms with E-state index in [0.29, 0.717) is 5.41 Å². The average molecular weight is 158 g/mol. The zero-order valence-electron chi connectivity index (χ0n) is 6.27. The predicted molar refractivity (Wildman–Crippen MR) is 44.4 cm³/mol. The van der Waals surface area contributed by atoms with Crippen LogP contribution in [0.15, 0.2) is 0 Å². The van der Waals surface area contributed by atoms with Crippen LogP contribution in [0.25, 0.3) is 0 Å². The van der Waals surface area contributed by atoms with Crippen molar-refractivity contribution in [1.82, 2.24) is 0 Å². The molecule has 1 atom stereocenters. The van der Waals surface area contributed by atoms with E-state index >= 15 is 0 Å². The van der Waals surface area contributed by atoms with Crippen molar-refractivity contribution in [3.63, 3.8) is 0 Å². The third-order valence-electron chi connectivity index (χ3n) is 2.59. The van der Waals surface area contributed by atoms with Crippen LogP contribution in [0.1, 0.15) is 19.3 Å². The topological polar surface area (TPSA) is 9.23 Å². The lowest BCUT2D eigenvalue weighted by Gasteiger charge is -2.31. The minimum absolute atomic E-state index is 0.614. The van der Waals surface area contributed by atoms with Crippen molar-refractivity contribution >= 4 is 11.8 Å². The maximum atomic E-state index is 5.49. The van der Waals surface area contributed by atoms with E-state index in [0.717, 1.165) is 13.2 Å². The highest BCUT2D eigenvalue weighted by Gasteiger charge is 2.35. The molecule has 2 saturated heterocycles. The van der Waals surface area contributed by atoms with Crippen LogP contribution in [-0.4, -0.2) is 24.7 Å². The highest BCUT2D eigenvalue weighted by Crippen LogP contribution is 2.41. The van der Waals surface area contributed by atoms with Crippen molar-refractivity contribution in [2.24, 2.45) is 5.41 Å². The molecule has 0 bridgehead atoms. The molecular weight excluding hydrogens is 144 g/mol. The van der Waals surface area contributed by atoms with E-state index in [2.05, 4.69) is 11.8 Å². The standard InChI is InChI=1S/C8H14OS/c1-2-8(6-9-4-1)3-5-10-7-8/h1-7H2. The Hall–Kier alpha value is 0.310. The van der Waals surface area contributed by atoms with E-state index in [9.17, 15) is 0 Å². The summed E-state index contributed by atoms with van der Waals surface area (Å²) in [6, 6.07) is 0. The lowest BCUT2D eigenvalue weighted by Crippen LogP contribution is -2.31. The molecule has 1 spiro atoms. The fraction of sp³-hybridized carbons (Fsp3) is 1.00. The Labute approximate surface area is 66.5 Å². The Kier molecular flexibility index (Phi) is 1.92. The zero-order valence-corrected chi connectivity index (χ0v) is 7.08. The Morgan fingerprint density at radius 3 is 2.90 bits per heavy atom. The van der Waals surface area contributed by atoms with Crippen LogP contribution in [0.4, 0.5) is 0 Å². The molecule has 0 aromatic carbocycles. The summed E-state index contributed by atoms with van der Waals surface area (Å²) in [7, 11) is 0. The van der Waals surface area contributed by atoms with Gasteiger partial charge in [0.1, 0.15) is 0 Å². The van der Waals surface area contributed by atoms with E-state index in [1.54, 1.807) is 0 Å². The van der Waals surface area contributed by atoms with Crippen molar-refractivity contribution in [2.75, 3.05) is 24.7 Å². The molecule has 2 heteroatoms. The maximum absolute atomic E-state index is 5.49. The molecule has 0 aromatic rings. The molecular formula is C8H14OS. The summed E-state index contributed by atoms with van der Waals surface area (Å²) in [5, 5.41) is 0. The molecule has 2 aliphatic rings. The van der Waals surface area contributed by atoms with Gasteiger partial charge in [-0.1, -0.05) is 0 Å². The van der Waals surface area contributed by atoms with Gasteiger partial charge < -0.3 is 4.74 Å². The summed E-state index contributed by atoms with van der Waals surface area (Å²) in [5.41, 5.74) is 0.614. The molecule has 0 aromatic heterocycles. The van der Waals surface area contributed by atoms with Gasteiger partial charge in [0.25, 0.3) is 0 Å². The largest absolute Gasteiger partial charge is 0.381 e. The van der Waals surface area contributed by atoms with Crippen molar-refractivity contribution in [3.05, 3.63) is 0 Å². The summed E-state index contributed by atoms with van der Waals surface area (Å²) in [6.45, 7) is 2.05. The molecule has 0 radical (unpaired) electrons. The molecule has 2 aliphatic heterocycles. The quantitative estimate of drug-likeness (QED) is 0.532. The highest BCUT2D eigenvalue weighted by molar-refractivity contribution is 7.99. The Morgan fingerprint density at radius 2 is 2.30 bits per heavy atom. The van der Waals surface area contributed by atoms with Crippen molar-refractivity contribution in [2.45, 2.75) is 19.3 Å². The number of hydrogen-bond donors (Lipinski definition) is 0. The first kappa shape index (κ1) is 6.99. The van der Waals surface area contributed by atoms with E-state index in [-0.39, 0.29) is 0 Å². The normalized spacial score (nSPS) is 40.8. The van der Waals surface area contributed by atoms with Gasteiger partial charge in [-0.3, -0.25) is 0 Å². The van der Waals surface area contributed by atoms with Gasteiger partial charge in [0.15, 0.2) is 0 Å². The molecule has 1 nitrogen and oxygen atoms in total. The number of hydrogen-bond acceptors (Lipinski definition) is 2. The minimum atomic E-state index is 0.614. The molecule has 2 heterocycles. The second kappa shape index (κ2) is 2.74. The zero-order chi connectivity index (χ0) is 6.86. The van der Waals surface area contributed by atoms with Gasteiger partial charge in [0.2, 0.25) is 0 Å². The highest BCUT2D eigenvalue weighted by atomic mass is 32.2. The fourth-order valence-electron chi connectivity index (χ4n) is 1.87. The van der Waals surface area contributed by atoms with Gasteiger partial charge in [-0.2, -0.15) is 11.8 Å². The lowest BCUT2D eigenvalue weighted by atomic mass is 9.82. The monoisotopic (exact) mass is 158 g/mol. The summed E-state index contributed by atoms with van der Waals surface area (Å²) >= 11 is 2.10. The van der Waals surface area contributed by atoms with Crippen LogP contribution in [0.2, 0.25) is 0 Å². The summed E-state index contributed by atoms with van der Waals surface area (Å²) < 4.78 is 5.49. The second-order valence-electron chi connectivity index (χ2n) is 3.46. The molecule has 0 saturated carbocycles. The molecule has 1 unspecified atom stereocenters. The van der Waals surface area contributed by atoms with E-state index in [1.165, 1.54) is 30.8 Å². The first-order valence-corrected chi connectivity index (χ1v) is 5.22. The Morgan fingerprint density at radius 1 is 1.30 bits per heavy atom. The van der Waals surface area contributed by atoms with E-state index in [1.807, 2.05) is 0 Å². The first-order valence-electron chi connectivity index (χ1n) is 4.07. The second-order valence-corrected chi connectivity index (χ2v) is 4.56. The smallest absolute Gasteiger partial charge is 0.0530 e. The molecule has 0 N–H and O–H groups in total. The number of thioether (sulfide) groups is 1. The van der Waals surface area contributed by atoms with Gasteiger partial charge in [-0.25, -0.2) is 0 Å². The molecule has 2 fully saturated rings. The summed E-state index contributed by atoms with van der Waals surface area (Å²) in [6.07, 6.45) is 4.11. The van der Waals surface area contributed by atoms with E-state index < -0.39 is 0 Å². The van der Waals surface area contributed by atoms with Gasteiger partial charge in [0, 0.05) is 17.8 Å². The molecule has 2 rings (SSSR count). The Balaban J connectivity index is 1.98. The average Bonchev–Trinajstić information content (AvgIpc) is 2.39. The number of rotatable bonds is 0. The fourth-order valence-corrected chi connectivity index (χ4v) is 3.40. The van der Waals surface area contributed by atoms with Crippen LogP contribution in [0, 0.1) is 5.41 Å². The summed E-state index contributed by atoms with van der Waals surface area (Å²) in [5.74, 6) is 2.72. The van der Waals surface area contributed by atoms with Gasteiger partial charge in [0.05, 0.1) is 6.61 Å². The van der Waals surface area contributed by atoms with Crippen LogP contribution >= 0.6 is 11.8 Å². The maximum Gasteiger partial charge on any atom is 0.0530 e. The molecule has 10 heavy (non-hydrogen) atoms. The lowest BCUT2D eigenvalue weighted by molar-refractivity contribution is 0.00690. The van der Waals surface area contributed by atoms with Crippen molar-refractivity contribution < 1.29 is 4.74 Å². The molecule has 58 valence electrons.